The topological polar surface area (TPSA) is 127 Å². The van der Waals surface area contributed by atoms with E-state index < -0.39 is 0 Å². The number of amides is 1. The van der Waals surface area contributed by atoms with Crippen molar-refractivity contribution < 1.29 is 9.18 Å². The van der Waals surface area contributed by atoms with E-state index in [9.17, 15) is 14.4 Å². The molecule has 0 unspecified atom stereocenters. The number of carbonyl (C=O) groups is 1. The Labute approximate surface area is 182 Å². The molecule has 0 spiro atoms. The number of nitrogen functional groups attached to an aromatic ring is 1. The van der Waals surface area contributed by atoms with E-state index in [1.165, 1.54) is 35.1 Å². The van der Waals surface area contributed by atoms with Gasteiger partial charge in [0, 0.05) is 25.1 Å². The summed E-state index contributed by atoms with van der Waals surface area (Å²) >= 11 is 0. The van der Waals surface area contributed by atoms with Gasteiger partial charge in [-0.2, -0.15) is 15.5 Å². The van der Waals surface area contributed by atoms with Gasteiger partial charge in [0.15, 0.2) is 5.82 Å². The quantitative estimate of drug-likeness (QED) is 0.434. The van der Waals surface area contributed by atoms with Gasteiger partial charge in [-0.15, -0.1) is 0 Å². The number of nitrogens with one attached hydrogen (secondary N) is 1. The molecular formula is C22H19FN8O. The third kappa shape index (κ3) is 4.32. The van der Waals surface area contributed by atoms with Crippen molar-refractivity contribution in [3.63, 3.8) is 0 Å². The molecule has 0 radical (unpaired) electrons. The Balaban J connectivity index is 1.35. The minimum Gasteiger partial charge on any atom is -0.382 e. The van der Waals surface area contributed by atoms with Crippen LogP contribution in [0.5, 0.6) is 0 Å². The molecule has 10 heteroatoms. The van der Waals surface area contributed by atoms with E-state index in [2.05, 4.69) is 26.6 Å². The second-order valence-corrected chi connectivity index (χ2v) is 6.92. The van der Waals surface area contributed by atoms with Gasteiger partial charge >= 0.3 is 0 Å². The Bertz CT molecular complexity index is 1260. The summed E-state index contributed by atoms with van der Waals surface area (Å²) in [5.74, 6) is 0.190. The smallest absolute Gasteiger partial charge is 0.252 e. The zero-order valence-electron chi connectivity index (χ0n) is 16.9. The molecule has 0 saturated carbocycles. The number of halogens is 1. The largest absolute Gasteiger partial charge is 0.382 e. The fraction of sp³-hybridized carbons (Fsp3) is 0.136. The SMILES string of the molecule is N#Cc1c(CCCNC(=O)c2ccc(-n3cccn3)nc2)nn(-c2ccc(F)cc2)c1N. The van der Waals surface area contributed by atoms with Gasteiger partial charge in [0.2, 0.25) is 0 Å². The molecule has 1 amide bonds. The maximum atomic E-state index is 13.2. The van der Waals surface area contributed by atoms with E-state index in [4.69, 9.17) is 5.73 Å². The lowest BCUT2D eigenvalue weighted by Crippen LogP contribution is -2.25. The number of carbonyl (C=O) groups excluding carboxylic acids is 1. The minimum absolute atomic E-state index is 0.196. The summed E-state index contributed by atoms with van der Waals surface area (Å²) in [7, 11) is 0. The number of rotatable bonds is 7. The number of pyridine rings is 1. The zero-order valence-corrected chi connectivity index (χ0v) is 16.9. The predicted molar refractivity (Wildman–Crippen MR) is 115 cm³/mol. The summed E-state index contributed by atoms with van der Waals surface area (Å²) in [4.78, 5) is 16.6. The maximum Gasteiger partial charge on any atom is 0.252 e. The predicted octanol–water partition coefficient (Wildman–Crippen LogP) is 2.41. The van der Waals surface area contributed by atoms with Gasteiger partial charge < -0.3 is 11.1 Å². The van der Waals surface area contributed by atoms with Gasteiger partial charge in [-0.25, -0.2) is 18.7 Å². The van der Waals surface area contributed by atoms with Gasteiger partial charge in [-0.1, -0.05) is 0 Å². The number of hydrogen-bond donors (Lipinski definition) is 2. The molecule has 3 heterocycles. The van der Waals surface area contributed by atoms with Crippen LogP contribution in [0.2, 0.25) is 0 Å². The van der Waals surface area contributed by atoms with Gasteiger partial charge in [-0.3, -0.25) is 4.79 Å². The van der Waals surface area contributed by atoms with Crippen molar-refractivity contribution in [1.29, 1.82) is 5.26 Å². The molecule has 1 aromatic carbocycles. The Hall–Kier alpha value is -4.52. The lowest BCUT2D eigenvalue weighted by Gasteiger charge is -2.06. The fourth-order valence-electron chi connectivity index (χ4n) is 3.17. The average molecular weight is 430 g/mol. The van der Waals surface area contributed by atoms with Crippen LogP contribution in [0.3, 0.4) is 0 Å². The number of aryl methyl sites for hydroxylation is 1. The fourth-order valence-corrected chi connectivity index (χ4v) is 3.17. The molecule has 0 aliphatic carbocycles. The van der Waals surface area contributed by atoms with Crippen molar-refractivity contribution >= 4 is 11.7 Å². The van der Waals surface area contributed by atoms with Crippen LogP contribution < -0.4 is 11.1 Å². The van der Waals surface area contributed by atoms with E-state index in [1.807, 2.05) is 0 Å². The first-order valence-electron chi connectivity index (χ1n) is 9.84. The van der Waals surface area contributed by atoms with E-state index in [0.717, 1.165) is 0 Å². The van der Waals surface area contributed by atoms with E-state index in [-0.39, 0.29) is 23.1 Å². The summed E-state index contributed by atoms with van der Waals surface area (Å²) in [5.41, 5.74) is 7.86. The van der Waals surface area contributed by atoms with Crippen LogP contribution in [0, 0.1) is 17.1 Å². The molecule has 0 bridgehead atoms. The van der Waals surface area contributed by atoms with Crippen molar-refractivity contribution in [2.24, 2.45) is 0 Å². The monoisotopic (exact) mass is 430 g/mol. The number of nitrogens with zero attached hydrogens (tertiary/aromatic N) is 6. The Morgan fingerprint density at radius 1 is 1.22 bits per heavy atom. The van der Waals surface area contributed by atoms with Gasteiger partial charge in [0.1, 0.15) is 23.3 Å². The van der Waals surface area contributed by atoms with E-state index >= 15 is 0 Å². The lowest BCUT2D eigenvalue weighted by atomic mass is 10.1. The molecule has 4 rings (SSSR count). The third-order valence-corrected chi connectivity index (χ3v) is 4.80. The van der Waals surface area contributed by atoms with Crippen LogP contribution in [0.4, 0.5) is 10.2 Å². The number of hydrogen-bond acceptors (Lipinski definition) is 6. The molecule has 0 fully saturated rings. The minimum atomic E-state index is -0.373. The number of nitriles is 1. The Kier molecular flexibility index (Phi) is 5.89. The van der Waals surface area contributed by atoms with E-state index in [1.54, 1.807) is 35.3 Å². The summed E-state index contributed by atoms with van der Waals surface area (Å²) in [6.07, 6.45) is 5.90. The second kappa shape index (κ2) is 9.09. The standard InChI is InChI=1S/C22H19FN8O/c23-16-5-7-17(8-6-16)31-21(25)18(13-24)19(29-31)3-1-10-26-22(32)15-4-9-20(27-14-15)30-12-2-11-28-30/h2,4-9,11-12,14H,1,3,10,25H2,(H,26,32). The molecule has 0 aliphatic rings. The van der Waals surface area contributed by atoms with Crippen molar-refractivity contribution in [3.05, 3.63) is 83.7 Å². The summed E-state index contributed by atoms with van der Waals surface area (Å²) in [6, 6.07) is 12.9. The normalized spacial score (nSPS) is 10.6. The zero-order chi connectivity index (χ0) is 22.5. The molecule has 0 atom stereocenters. The number of benzene rings is 1. The maximum absolute atomic E-state index is 13.2. The van der Waals surface area contributed by atoms with Crippen LogP contribution in [-0.2, 0) is 6.42 Å². The first-order valence-corrected chi connectivity index (χ1v) is 9.84. The number of anilines is 1. The molecule has 9 nitrogen and oxygen atoms in total. The molecule has 3 N–H and O–H groups in total. The highest BCUT2D eigenvalue weighted by Crippen LogP contribution is 2.21. The molecule has 0 aliphatic heterocycles. The highest BCUT2D eigenvalue weighted by atomic mass is 19.1. The lowest BCUT2D eigenvalue weighted by molar-refractivity contribution is 0.0953. The van der Waals surface area contributed by atoms with Crippen molar-refractivity contribution in [2.45, 2.75) is 12.8 Å². The summed E-state index contributed by atoms with van der Waals surface area (Å²) in [6.45, 7) is 0.383. The molecule has 4 aromatic rings. The van der Waals surface area contributed by atoms with Gasteiger partial charge in [-0.05, 0) is 55.3 Å². The van der Waals surface area contributed by atoms with Crippen LogP contribution in [-0.4, -0.2) is 37.0 Å². The van der Waals surface area contributed by atoms with Crippen LogP contribution in [0.1, 0.15) is 28.0 Å². The Morgan fingerprint density at radius 2 is 2.03 bits per heavy atom. The van der Waals surface area contributed by atoms with Crippen LogP contribution >= 0.6 is 0 Å². The molecule has 0 saturated heterocycles. The highest BCUT2D eigenvalue weighted by molar-refractivity contribution is 5.93. The molecular weight excluding hydrogens is 411 g/mol. The molecule has 160 valence electrons. The van der Waals surface area contributed by atoms with Gasteiger partial charge in [0.25, 0.3) is 5.91 Å². The van der Waals surface area contributed by atoms with Crippen molar-refractivity contribution in [1.82, 2.24) is 29.9 Å². The summed E-state index contributed by atoms with van der Waals surface area (Å²) in [5, 5.41) is 20.8. The third-order valence-electron chi connectivity index (χ3n) is 4.80. The first-order chi connectivity index (χ1) is 15.6. The number of aromatic nitrogens is 5. The van der Waals surface area contributed by atoms with Gasteiger partial charge in [0.05, 0.1) is 16.9 Å². The van der Waals surface area contributed by atoms with Crippen molar-refractivity contribution in [3.8, 4) is 17.6 Å². The van der Waals surface area contributed by atoms with Crippen molar-refractivity contribution in [2.75, 3.05) is 12.3 Å². The molecule has 3 aromatic heterocycles. The second-order valence-electron chi connectivity index (χ2n) is 6.92. The first kappa shape index (κ1) is 20.7. The van der Waals surface area contributed by atoms with E-state index in [0.29, 0.717) is 42.1 Å². The Morgan fingerprint density at radius 3 is 2.69 bits per heavy atom. The van der Waals surface area contributed by atoms with Crippen LogP contribution in [0.25, 0.3) is 11.5 Å². The average Bonchev–Trinajstić information content (AvgIpc) is 3.45. The van der Waals surface area contributed by atoms with Crippen LogP contribution in [0.15, 0.2) is 61.1 Å². The number of nitrogens with two attached hydrogens (primary N) is 1. The summed E-state index contributed by atoms with van der Waals surface area (Å²) < 4.78 is 16.2. The molecule has 32 heavy (non-hydrogen) atoms. The highest BCUT2D eigenvalue weighted by Gasteiger charge is 2.16.